The topological polar surface area (TPSA) is 65.6 Å². The largest absolute Gasteiger partial charge is 0.365 e. The summed E-state index contributed by atoms with van der Waals surface area (Å²) in [6.07, 6.45) is 7.71. The van der Waals surface area contributed by atoms with Crippen LogP contribution < -0.4 is 10.6 Å². The molecule has 2 aromatic heterocycles. The molecule has 148 valence electrons. The van der Waals surface area contributed by atoms with Gasteiger partial charge in [-0.05, 0) is 56.8 Å². The maximum Gasteiger partial charge on any atom is 0.183 e. The number of rotatable bonds is 5. The molecule has 2 heterocycles. The van der Waals surface area contributed by atoms with Gasteiger partial charge >= 0.3 is 0 Å². The van der Waals surface area contributed by atoms with Crippen molar-refractivity contribution in [3.63, 3.8) is 0 Å². The van der Waals surface area contributed by atoms with Crippen molar-refractivity contribution in [1.82, 2.24) is 20.3 Å². The first-order valence-electron chi connectivity index (χ1n) is 9.85. The average Bonchev–Trinajstić information content (AvgIpc) is 3.14. The van der Waals surface area contributed by atoms with E-state index in [0.717, 1.165) is 37.7 Å². The molecule has 1 saturated carbocycles. The molecule has 1 aliphatic carbocycles. The molecule has 0 bridgehead atoms. The number of H-pyrrole nitrogens is 1. The van der Waals surface area contributed by atoms with Crippen LogP contribution in [0.5, 0.6) is 0 Å². The Hall–Kier alpha value is -2.54. The van der Waals surface area contributed by atoms with Crippen molar-refractivity contribution in [2.24, 2.45) is 0 Å². The number of nitrogens with one attached hydrogen (secondary N) is 3. The van der Waals surface area contributed by atoms with Crippen molar-refractivity contribution < 1.29 is 8.78 Å². The van der Waals surface area contributed by atoms with Crippen LogP contribution in [0.2, 0.25) is 0 Å². The second kappa shape index (κ2) is 7.83. The normalized spacial score (nSPS) is 19.9. The minimum atomic E-state index is -0.476. The quantitative estimate of drug-likeness (QED) is 0.609. The third kappa shape index (κ3) is 3.58. The summed E-state index contributed by atoms with van der Waals surface area (Å²) in [4.78, 5) is 11.6. The Morgan fingerprint density at radius 1 is 1.18 bits per heavy atom. The first kappa shape index (κ1) is 18.8. The van der Waals surface area contributed by atoms with Crippen LogP contribution in [0.3, 0.4) is 0 Å². The molecule has 0 radical (unpaired) electrons. The summed E-state index contributed by atoms with van der Waals surface area (Å²) in [6.45, 7) is 1.98. The standard InChI is InChI=1S/C21H25F2N5/c1-3-12-7-15-16(10-25-19(15)17(22)8-12)20-26-11-18(23)21(28-20)27-14-6-4-5-13(9-14)24-2/h7-8,10-11,13-14,24-25H,3-6,9H2,1-2H3,(H,26,27,28). The molecule has 0 saturated heterocycles. The van der Waals surface area contributed by atoms with Crippen LogP contribution in [-0.2, 0) is 6.42 Å². The highest BCUT2D eigenvalue weighted by atomic mass is 19.1. The predicted molar refractivity (Wildman–Crippen MR) is 107 cm³/mol. The highest BCUT2D eigenvalue weighted by Gasteiger charge is 2.23. The molecule has 0 spiro atoms. The Morgan fingerprint density at radius 3 is 2.79 bits per heavy atom. The number of hydrogen-bond acceptors (Lipinski definition) is 4. The molecular formula is C21H25F2N5. The fourth-order valence-electron chi connectivity index (χ4n) is 4.01. The van der Waals surface area contributed by atoms with Gasteiger partial charge < -0.3 is 15.6 Å². The first-order valence-corrected chi connectivity index (χ1v) is 9.85. The van der Waals surface area contributed by atoms with E-state index < -0.39 is 5.82 Å². The van der Waals surface area contributed by atoms with Crippen LogP contribution in [0.25, 0.3) is 22.3 Å². The average molecular weight is 385 g/mol. The molecule has 4 rings (SSSR count). The minimum absolute atomic E-state index is 0.163. The van der Waals surface area contributed by atoms with Crippen LogP contribution in [0.15, 0.2) is 24.5 Å². The number of halogens is 2. The van der Waals surface area contributed by atoms with E-state index in [2.05, 4.69) is 25.6 Å². The van der Waals surface area contributed by atoms with Gasteiger partial charge in [0.15, 0.2) is 17.5 Å². The fourth-order valence-corrected chi connectivity index (χ4v) is 4.01. The number of hydrogen-bond donors (Lipinski definition) is 3. The van der Waals surface area contributed by atoms with E-state index in [-0.39, 0.29) is 17.7 Å². The third-order valence-corrected chi connectivity index (χ3v) is 5.62. The number of fused-ring (bicyclic) bond motifs is 1. The summed E-state index contributed by atoms with van der Waals surface area (Å²) in [5.74, 6) is -0.200. The van der Waals surface area contributed by atoms with Gasteiger partial charge in [0.2, 0.25) is 0 Å². The highest BCUT2D eigenvalue weighted by molar-refractivity contribution is 5.94. The van der Waals surface area contributed by atoms with Gasteiger partial charge in [-0.2, -0.15) is 0 Å². The number of aromatic nitrogens is 3. The summed E-state index contributed by atoms with van der Waals surface area (Å²) < 4.78 is 28.7. The van der Waals surface area contributed by atoms with Gasteiger partial charge in [0, 0.05) is 29.2 Å². The zero-order valence-corrected chi connectivity index (χ0v) is 16.1. The molecule has 3 N–H and O–H groups in total. The van der Waals surface area contributed by atoms with Gasteiger partial charge in [-0.3, -0.25) is 0 Å². The summed E-state index contributed by atoms with van der Waals surface area (Å²) in [5, 5.41) is 7.26. The molecule has 2 atom stereocenters. The molecule has 1 aliphatic rings. The van der Waals surface area contributed by atoms with E-state index in [1.807, 2.05) is 20.0 Å². The van der Waals surface area contributed by atoms with E-state index in [1.54, 1.807) is 6.20 Å². The number of anilines is 1. The molecule has 1 aromatic carbocycles. The van der Waals surface area contributed by atoms with E-state index in [1.165, 1.54) is 12.3 Å². The van der Waals surface area contributed by atoms with Crippen molar-refractivity contribution >= 4 is 16.7 Å². The van der Waals surface area contributed by atoms with E-state index in [9.17, 15) is 8.78 Å². The molecule has 0 amide bonds. The van der Waals surface area contributed by atoms with Gasteiger partial charge in [-0.1, -0.05) is 6.92 Å². The Labute approximate surface area is 163 Å². The monoisotopic (exact) mass is 385 g/mol. The Bertz CT molecular complexity index is 984. The lowest BCUT2D eigenvalue weighted by molar-refractivity contribution is 0.368. The molecule has 1 fully saturated rings. The molecule has 3 aromatic rings. The highest BCUT2D eigenvalue weighted by Crippen LogP contribution is 2.30. The fraction of sp³-hybridized carbons (Fsp3) is 0.429. The smallest absolute Gasteiger partial charge is 0.183 e. The van der Waals surface area contributed by atoms with Crippen LogP contribution in [0.1, 0.15) is 38.2 Å². The van der Waals surface area contributed by atoms with Crippen LogP contribution in [0, 0.1) is 11.6 Å². The Balaban J connectivity index is 1.67. The first-order chi connectivity index (χ1) is 13.6. The van der Waals surface area contributed by atoms with Crippen molar-refractivity contribution in [3.05, 3.63) is 41.7 Å². The van der Waals surface area contributed by atoms with Gasteiger partial charge in [-0.15, -0.1) is 0 Å². The van der Waals surface area contributed by atoms with Crippen molar-refractivity contribution in [2.75, 3.05) is 12.4 Å². The zero-order chi connectivity index (χ0) is 19.7. The maximum absolute atomic E-state index is 14.4. The molecule has 2 unspecified atom stereocenters. The van der Waals surface area contributed by atoms with E-state index in [0.29, 0.717) is 28.3 Å². The molecular weight excluding hydrogens is 360 g/mol. The predicted octanol–water partition coefficient (Wildman–Crippen LogP) is 4.41. The number of benzene rings is 1. The summed E-state index contributed by atoms with van der Waals surface area (Å²) in [6, 6.07) is 4.06. The van der Waals surface area contributed by atoms with Gasteiger partial charge in [0.25, 0.3) is 0 Å². The van der Waals surface area contributed by atoms with E-state index >= 15 is 0 Å². The second-order valence-electron chi connectivity index (χ2n) is 7.44. The third-order valence-electron chi connectivity index (χ3n) is 5.62. The lowest BCUT2D eigenvalue weighted by Gasteiger charge is -2.29. The van der Waals surface area contributed by atoms with Crippen LogP contribution in [0.4, 0.5) is 14.6 Å². The van der Waals surface area contributed by atoms with Gasteiger partial charge in [0.1, 0.15) is 5.82 Å². The number of aromatic amines is 1. The lowest BCUT2D eigenvalue weighted by Crippen LogP contribution is -2.37. The summed E-state index contributed by atoms with van der Waals surface area (Å²) >= 11 is 0. The van der Waals surface area contributed by atoms with Gasteiger partial charge in [-0.25, -0.2) is 18.7 Å². The molecule has 5 nitrogen and oxygen atoms in total. The van der Waals surface area contributed by atoms with Crippen LogP contribution in [-0.4, -0.2) is 34.1 Å². The molecule has 7 heteroatoms. The van der Waals surface area contributed by atoms with Crippen LogP contribution >= 0.6 is 0 Å². The van der Waals surface area contributed by atoms with Crippen molar-refractivity contribution in [2.45, 2.75) is 51.1 Å². The lowest BCUT2D eigenvalue weighted by atomic mass is 9.91. The second-order valence-corrected chi connectivity index (χ2v) is 7.44. The summed E-state index contributed by atoms with van der Waals surface area (Å²) in [7, 11) is 1.96. The minimum Gasteiger partial charge on any atom is -0.365 e. The SMILES string of the molecule is CCc1cc(F)c2[nH]cc(-c3ncc(F)c(NC4CCCC(NC)C4)n3)c2c1. The molecule has 0 aliphatic heterocycles. The number of aryl methyl sites for hydroxylation is 1. The Morgan fingerprint density at radius 2 is 2.00 bits per heavy atom. The maximum atomic E-state index is 14.4. The zero-order valence-electron chi connectivity index (χ0n) is 16.1. The van der Waals surface area contributed by atoms with Crippen molar-refractivity contribution in [1.29, 1.82) is 0 Å². The molecule has 28 heavy (non-hydrogen) atoms. The Kier molecular flexibility index (Phi) is 5.26. The van der Waals surface area contributed by atoms with E-state index in [4.69, 9.17) is 0 Å². The number of nitrogens with zero attached hydrogens (tertiary/aromatic N) is 2. The van der Waals surface area contributed by atoms with Gasteiger partial charge in [0.05, 0.1) is 11.7 Å². The summed E-state index contributed by atoms with van der Waals surface area (Å²) in [5.41, 5.74) is 1.98. The van der Waals surface area contributed by atoms with Crippen molar-refractivity contribution in [3.8, 4) is 11.4 Å².